The number of esters is 1. The van der Waals surface area contributed by atoms with Gasteiger partial charge in [-0.25, -0.2) is 4.39 Å². The largest absolute Gasteiger partial charge is 0.469 e. The number of carbonyl (C=O) groups excluding carboxylic acids is 1. The summed E-state index contributed by atoms with van der Waals surface area (Å²) in [5, 5.41) is 0. The Morgan fingerprint density at radius 3 is 2.80 bits per heavy atom. The van der Waals surface area contributed by atoms with Gasteiger partial charge < -0.3 is 10.5 Å². The molecule has 3 nitrogen and oxygen atoms in total. The maximum absolute atomic E-state index is 13.1. The third kappa shape index (κ3) is 4.16. The molecule has 0 amide bonds. The average molecular weight is 234 g/mol. The molecule has 0 radical (unpaired) electrons. The van der Waals surface area contributed by atoms with E-state index in [0.717, 1.165) is 0 Å². The number of halogens is 2. The van der Waals surface area contributed by atoms with Gasteiger partial charge in [0.1, 0.15) is 5.82 Å². The highest BCUT2D eigenvalue weighted by Crippen LogP contribution is 2.13. The van der Waals surface area contributed by atoms with Crippen LogP contribution < -0.4 is 5.73 Å². The molecule has 0 bridgehead atoms. The molecule has 0 aromatic heterocycles. The SMILES string of the molecule is COC(=O)CCc1cc(N)ccc1F.Cl. The molecule has 0 fully saturated rings. The van der Waals surface area contributed by atoms with E-state index in [4.69, 9.17) is 5.73 Å². The first-order chi connectivity index (χ1) is 6.63. The number of hydrogen-bond acceptors (Lipinski definition) is 3. The zero-order chi connectivity index (χ0) is 10.6. The van der Waals surface area contributed by atoms with Crippen LogP contribution in [0, 0.1) is 5.82 Å². The van der Waals surface area contributed by atoms with E-state index >= 15 is 0 Å². The highest BCUT2D eigenvalue weighted by Gasteiger charge is 2.06. The van der Waals surface area contributed by atoms with Gasteiger partial charge >= 0.3 is 5.97 Å². The first kappa shape index (κ1) is 13.7. The van der Waals surface area contributed by atoms with Crippen molar-refractivity contribution in [2.75, 3.05) is 12.8 Å². The summed E-state index contributed by atoms with van der Waals surface area (Å²) in [4.78, 5) is 10.8. The number of aryl methyl sites for hydroxylation is 1. The average Bonchev–Trinajstić information content (AvgIpc) is 2.19. The molecule has 1 aromatic rings. The molecule has 0 heterocycles. The van der Waals surface area contributed by atoms with Gasteiger partial charge in [-0.1, -0.05) is 0 Å². The Kier molecular flexibility index (Phi) is 5.70. The molecule has 0 saturated heterocycles. The first-order valence-corrected chi connectivity index (χ1v) is 4.24. The molecule has 0 unspecified atom stereocenters. The molecular formula is C10H13ClFNO2. The van der Waals surface area contributed by atoms with Crippen LogP contribution in [0.3, 0.4) is 0 Å². The second-order valence-electron chi connectivity index (χ2n) is 2.93. The quantitative estimate of drug-likeness (QED) is 0.641. The van der Waals surface area contributed by atoms with Crippen LogP contribution >= 0.6 is 12.4 Å². The van der Waals surface area contributed by atoms with Crippen LogP contribution in [0.15, 0.2) is 18.2 Å². The van der Waals surface area contributed by atoms with E-state index in [0.29, 0.717) is 17.7 Å². The Bertz CT molecular complexity index is 344. The van der Waals surface area contributed by atoms with Crippen molar-refractivity contribution in [2.45, 2.75) is 12.8 Å². The van der Waals surface area contributed by atoms with Crippen LogP contribution in [0.5, 0.6) is 0 Å². The minimum Gasteiger partial charge on any atom is -0.469 e. The standard InChI is InChI=1S/C10H12FNO2.ClH/c1-14-10(13)5-2-7-6-8(12)3-4-9(7)11;/h3-4,6H,2,5,12H2,1H3;1H. The second kappa shape index (κ2) is 6.24. The van der Waals surface area contributed by atoms with Gasteiger partial charge in [-0.15, -0.1) is 12.4 Å². The van der Waals surface area contributed by atoms with Crippen LogP contribution in [0.2, 0.25) is 0 Å². The fraction of sp³-hybridized carbons (Fsp3) is 0.300. The number of methoxy groups -OCH3 is 1. The van der Waals surface area contributed by atoms with Crippen molar-refractivity contribution in [1.29, 1.82) is 0 Å². The van der Waals surface area contributed by atoms with Crippen LogP contribution in [0.1, 0.15) is 12.0 Å². The lowest BCUT2D eigenvalue weighted by molar-refractivity contribution is -0.140. The Hall–Kier alpha value is -1.29. The molecule has 15 heavy (non-hydrogen) atoms. The van der Waals surface area contributed by atoms with Crippen LogP contribution in [0.25, 0.3) is 0 Å². The van der Waals surface area contributed by atoms with Gasteiger partial charge in [0.05, 0.1) is 7.11 Å². The van der Waals surface area contributed by atoms with Crippen LogP contribution in [-0.4, -0.2) is 13.1 Å². The zero-order valence-electron chi connectivity index (χ0n) is 8.33. The lowest BCUT2D eigenvalue weighted by Crippen LogP contribution is -2.03. The second-order valence-corrected chi connectivity index (χ2v) is 2.93. The molecule has 0 aliphatic carbocycles. The number of nitrogen functional groups attached to an aromatic ring is 1. The van der Waals surface area contributed by atoms with Gasteiger partial charge in [0.25, 0.3) is 0 Å². The van der Waals surface area contributed by atoms with E-state index in [9.17, 15) is 9.18 Å². The summed E-state index contributed by atoms with van der Waals surface area (Å²) < 4.78 is 17.6. The summed E-state index contributed by atoms with van der Waals surface area (Å²) in [5.41, 5.74) is 6.42. The van der Waals surface area contributed by atoms with Crippen molar-refractivity contribution in [2.24, 2.45) is 0 Å². The summed E-state index contributed by atoms with van der Waals surface area (Å²) in [6.45, 7) is 0. The van der Waals surface area contributed by atoms with Crippen molar-refractivity contribution in [3.05, 3.63) is 29.6 Å². The molecule has 84 valence electrons. The maximum atomic E-state index is 13.1. The highest BCUT2D eigenvalue weighted by molar-refractivity contribution is 5.85. The Morgan fingerprint density at radius 1 is 1.53 bits per heavy atom. The highest BCUT2D eigenvalue weighted by atomic mass is 35.5. The molecule has 1 rings (SSSR count). The van der Waals surface area contributed by atoms with Crippen molar-refractivity contribution in [1.82, 2.24) is 0 Å². The van der Waals surface area contributed by atoms with Crippen molar-refractivity contribution >= 4 is 24.1 Å². The molecule has 0 spiro atoms. The topological polar surface area (TPSA) is 52.3 Å². The van der Waals surface area contributed by atoms with Gasteiger partial charge in [0, 0.05) is 12.1 Å². The Morgan fingerprint density at radius 2 is 2.20 bits per heavy atom. The Balaban J connectivity index is 0.00000196. The smallest absolute Gasteiger partial charge is 0.305 e. The summed E-state index contributed by atoms with van der Waals surface area (Å²) in [6, 6.07) is 4.30. The first-order valence-electron chi connectivity index (χ1n) is 4.24. The van der Waals surface area contributed by atoms with E-state index in [1.54, 1.807) is 0 Å². The van der Waals surface area contributed by atoms with E-state index < -0.39 is 0 Å². The minimum absolute atomic E-state index is 0. The molecule has 1 aromatic carbocycles. The van der Waals surface area contributed by atoms with E-state index in [1.807, 2.05) is 0 Å². The number of anilines is 1. The number of nitrogens with two attached hydrogens (primary N) is 1. The molecule has 0 saturated carbocycles. The lowest BCUT2D eigenvalue weighted by atomic mass is 10.1. The van der Waals surface area contributed by atoms with Crippen molar-refractivity contribution < 1.29 is 13.9 Å². The summed E-state index contributed by atoms with van der Waals surface area (Å²) in [7, 11) is 1.30. The normalized spacial score (nSPS) is 9.20. The van der Waals surface area contributed by atoms with Crippen molar-refractivity contribution in [3.63, 3.8) is 0 Å². The fourth-order valence-corrected chi connectivity index (χ4v) is 1.13. The molecule has 0 aliphatic rings. The minimum atomic E-state index is -0.355. The third-order valence-corrected chi connectivity index (χ3v) is 1.90. The molecule has 0 atom stereocenters. The van der Waals surface area contributed by atoms with Gasteiger partial charge in [-0.05, 0) is 30.2 Å². The fourth-order valence-electron chi connectivity index (χ4n) is 1.13. The maximum Gasteiger partial charge on any atom is 0.305 e. The molecular weight excluding hydrogens is 221 g/mol. The zero-order valence-corrected chi connectivity index (χ0v) is 9.14. The number of hydrogen-bond donors (Lipinski definition) is 1. The summed E-state index contributed by atoms with van der Waals surface area (Å²) >= 11 is 0. The third-order valence-electron chi connectivity index (χ3n) is 1.90. The predicted molar refractivity (Wildman–Crippen MR) is 58.4 cm³/mol. The molecule has 0 aliphatic heterocycles. The van der Waals surface area contributed by atoms with Gasteiger partial charge in [0.15, 0.2) is 0 Å². The van der Waals surface area contributed by atoms with Crippen LogP contribution in [0.4, 0.5) is 10.1 Å². The summed E-state index contributed by atoms with van der Waals surface area (Å²) in [6.07, 6.45) is 0.473. The van der Waals surface area contributed by atoms with E-state index in [1.165, 1.54) is 25.3 Å². The molecule has 2 N–H and O–H groups in total. The number of carbonyl (C=O) groups is 1. The van der Waals surface area contributed by atoms with Crippen LogP contribution in [-0.2, 0) is 16.0 Å². The number of ether oxygens (including phenoxy) is 1. The predicted octanol–water partition coefficient (Wildman–Crippen LogP) is 1.94. The van der Waals surface area contributed by atoms with Gasteiger partial charge in [-0.3, -0.25) is 4.79 Å². The number of benzene rings is 1. The van der Waals surface area contributed by atoms with E-state index in [-0.39, 0.29) is 30.6 Å². The number of rotatable bonds is 3. The van der Waals surface area contributed by atoms with E-state index in [2.05, 4.69) is 4.74 Å². The van der Waals surface area contributed by atoms with Crippen molar-refractivity contribution in [3.8, 4) is 0 Å². The molecule has 5 heteroatoms. The van der Waals surface area contributed by atoms with Gasteiger partial charge in [-0.2, -0.15) is 0 Å². The lowest BCUT2D eigenvalue weighted by Gasteiger charge is -2.03. The Labute approximate surface area is 93.8 Å². The monoisotopic (exact) mass is 233 g/mol. The summed E-state index contributed by atoms with van der Waals surface area (Å²) in [5.74, 6) is -0.699. The van der Waals surface area contributed by atoms with Gasteiger partial charge in [0.2, 0.25) is 0 Å².